The number of nitrogens with two attached hydrogens (primary N) is 2. The zero-order valence-electron chi connectivity index (χ0n) is 7.98. The normalized spacial score (nSPS) is 10.4. The summed E-state index contributed by atoms with van der Waals surface area (Å²) in [4.78, 5) is 3.72. The van der Waals surface area contributed by atoms with Gasteiger partial charge in [-0.2, -0.15) is 4.98 Å². The van der Waals surface area contributed by atoms with Crippen molar-refractivity contribution in [3.05, 3.63) is 29.0 Å². The van der Waals surface area contributed by atoms with Gasteiger partial charge in [0.15, 0.2) is 5.82 Å². The van der Waals surface area contributed by atoms with E-state index < -0.39 is 5.82 Å². The third-order valence-electron chi connectivity index (χ3n) is 1.94. The number of halogens is 2. The maximum Gasteiger partial charge on any atom is 0.242 e. The molecule has 5 nitrogen and oxygen atoms in total. The number of rotatable bonds is 1. The monoisotopic (exact) mass is 239 g/mol. The number of anilines is 2. The molecule has 16 heavy (non-hydrogen) atoms. The second-order valence-corrected chi connectivity index (χ2v) is 3.38. The van der Waals surface area contributed by atoms with Crippen LogP contribution in [0.2, 0.25) is 5.02 Å². The molecule has 0 radical (unpaired) electrons. The smallest absolute Gasteiger partial charge is 0.242 e. The van der Waals surface area contributed by atoms with Crippen LogP contribution >= 0.6 is 11.6 Å². The van der Waals surface area contributed by atoms with Crippen LogP contribution in [-0.2, 0) is 0 Å². The van der Waals surface area contributed by atoms with Crippen molar-refractivity contribution in [1.29, 1.82) is 0 Å². The van der Waals surface area contributed by atoms with Gasteiger partial charge >= 0.3 is 0 Å². The molecule has 0 fully saturated rings. The summed E-state index contributed by atoms with van der Waals surface area (Å²) in [7, 11) is 0. The number of nitrogens with zero attached hydrogens (tertiary/aromatic N) is 3. The molecule has 0 saturated heterocycles. The second kappa shape index (κ2) is 3.90. The van der Waals surface area contributed by atoms with Gasteiger partial charge in [-0.15, -0.1) is 10.2 Å². The minimum atomic E-state index is -0.558. The first kappa shape index (κ1) is 10.6. The molecule has 2 aromatic rings. The molecule has 0 bridgehead atoms. The summed E-state index contributed by atoms with van der Waals surface area (Å²) in [6.45, 7) is 0. The van der Waals surface area contributed by atoms with Gasteiger partial charge in [0.05, 0.1) is 5.02 Å². The Hall–Kier alpha value is -1.95. The highest BCUT2D eigenvalue weighted by atomic mass is 35.5. The van der Waals surface area contributed by atoms with Crippen molar-refractivity contribution in [2.45, 2.75) is 0 Å². The first-order chi connectivity index (χ1) is 7.59. The number of aromatic nitrogens is 3. The van der Waals surface area contributed by atoms with Gasteiger partial charge < -0.3 is 11.5 Å². The van der Waals surface area contributed by atoms with E-state index in [2.05, 4.69) is 15.2 Å². The summed E-state index contributed by atoms with van der Waals surface area (Å²) < 4.78 is 13.2. The minimum absolute atomic E-state index is 0.0474. The maximum absolute atomic E-state index is 13.2. The van der Waals surface area contributed by atoms with Crippen LogP contribution in [0.25, 0.3) is 11.3 Å². The zero-order valence-corrected chi connectivity index (χ0v) is 8.74. The molecular weight excluding hydrogens is 233 g/mol. The Morgan fingerprint density at radius 1 is 1.19 bits per heavy atom. The quantitative estimate of drug-likeness (QED) is 0.787. The van der Waals surface area contributed by atoms with E-state index in [1.54, 1.807) is 6.07 Å². The Kier molecular flexibility index (Phi) is 2.57. The lowest BCUT2D eigenvalue weighted by Gasteiger charge is -2.05. The van der Waals surface area contributed by atoms with E-state index in [0.29, 0.717) is 5.56 Å². The molecule has 7 heteroatoms. The third-order valence-corrected chi connectivity index (χ3v) is 2.32. The lowest BCUT2D eigenvalue weighted by Crippen LogP contribution is -2.04. The van der Waals surface area contributed by atoms with Crippen LogP contribution in [0.1, 0.15) is 0 Å². The summed E-state index contributed by atoms with van der Waals surface area (Å²) in [6.07, 6.45) is 0. The van der Waals surface area contributed by atoms with E-state index >= 15 is 0 Å². The van der Waals surface area contributed by atoms with E-state index in [4.69, 9.17) is 23.1 Å². The topological polar surface area (TPSA) is 90.7 Å². The van der Waals surface area contributed by atoms with E-state index in [1.807, 2.05) is 0 Å². The summed E-state index contributed by atoms with van der Waals surface area (Å²) in [6, 6.07) is 4.30. The average Bonchev–Trinajstić information content (AvgIpc) is 2.23. The summed E-state index contributed by atoms with van der Waals surface area (Å²) in [5, 5.41) is 7.21. The van der Waals surface area contributed by atoms with Crippen LogP contribution < -0.4 is 11.5 Å². The fourth-order valence-electron chi connectivity index (χ4n) is 1.23. The molecule has 4 N–H and O–H groups in total. The highest BCUT2D eigenvalue weighted by Crippen LogP contribution is 2.30. The fourth-order valence-corrected chi connectivity index (χ4v) is 1.45. The number of nitrogen functional groups attached to an aromatic ring is 2. The Balaban J connectivity index is 2.63. The average molecular weight is 240 g/mol. The largest absolute Gasteiger partial charge is 0.382 e. The summed E-state index contributed by atoms with van der Waals surface area (Å²) in [5.41, 5.74) is 11.4. The van der Waals surface area contributed by atoms with Crippen molar-refractivity contribution in [3.8, 4) is 11.3 Å². The maximum atomic E-state index is 13.2. The second-order valence-electron chi connectivity index (χ2n) is 3.01. The van der Waals surface area contributed by atoms with E-state index in [9.17, 15) is 4.39 Å². The van der Waals surface area contributed by atoms with Crippen molar-refractivity contribution in [2.24, 2.45) is 0 Å². The SMILES string of the molecule is Nc1nnc(-c2cccc(F)c2Cl)c(N)n1. The molecule has 1 aromatic heterocycles. The highest BCUT2D eigenvalue weighted by Gasteiger charge is 2.13. The molecule has 0 spiro atoms. The van der Waals surface area contributed by atoms with Gasteiger partial charge in [-0.25, -0.2) is 4.39 Å². The number of benzene rings is 1. The molecule has 0 saturated carbocycles. The van der Waals surface area contributed by atoms with Crippen LogP contribution in [0, 0.1) is 5.82 Å². The predicted octanol–water partition coefficient (Wildman–Crippen LogP) is 1.50. The molecular formula is C9H7ClFN5. The summed E-state index contributed by atoms with van der Waals surface area (Å²) in [5.74, 6) is -0.550. The van der Waals surface area contributed by atoms with Crippen molar-refractivity contribution >= 4 is 23.4 Å². The van der Waals surface area contributed by atoms with Crippen molar-refractivity contribution in [2.75, 3.05) is 11.5 Å². The molecule has 0 aliphatic heterocycles. The molecule has 0 amide bonds. The molecule has 0 aliphatic rings. The van der Waals surface area contributed by atoms with Gasteiger partial charge in [0.1, 0.15) is 11.5 Å². The molecule has 1 heterocycles. The molecule has 1 aromatic carbocycles. The number of hydrogen-bond donors (Lipinski definition) is 2. The third kappa shape index (κ3) is 1.74. The Labute approximate surface area is 95.3 Å². The van der Waals surface area contributed by atoms with Gasteiger partial charge in [0, 0.05) is 5.56 Å². The van der Waals surface area contributed by atoms with E-state index in [-0.39, 0.29) is 22.5 Å². The lowest BCUT2D eigenvalue weighted by molar-refractivity contribution is 0.628. The van der Waals surface area contributed by atoms with Crippen molar-refractivity contribution < 1.29 is 4.39 Å². The standard InChI is InChI=1S/C9H7ClFN5/c10-6-4(2-1-3-5(6)11)7-8(12)14-9(13)16-15-7/h1-3H,(H4,12,13,14,16). The van der Waals surface area contributed by atoms with Crippen LogP contribution in [0.5, 0.6) is 0 Å². The van der Waals surface area contributed by atoms with Crippen LogP contribution in [-0.4, -0.2) is 15.2 Å². The summed E-state index contributed by atoms with van der Waals surface area (Å²) >= 11 is 5.78. The molecule has 2 rings (SSSR count). The Bertz CT molecular complexity index is 545. The molecule has 0 atom stereocenters. The number of hydrogen-bond acceptors (Lipinski definition) is 5. The molecule has 0 aliphatic carbocycles. The minimum Gasteiger partial charge on any atom is -0.382 e. The highest BCUT2D eigenvalue weighted by molar-refractivity contribution is 6.33. The van der Waals surface area contributed by atoms with E-state index in [1.165, 1.54) is 12.1 Å². The van der Waals surface area contributed by atoms with Crippen LogP contribution in [0.4, 0.5) is 16.2 Å². The predicted molar refractivity (Wildman–Crippen MR) is 59.1 cm³/mol. The Morgan fingerprint density at radius 2 is 1.94 bits per heavy atom. The van der Waals surface area contributed by atoms with Gasteiger partial charge in [0.2, 0.25) is 5.95 Å². The van der Waals surface area contributed by atoms with Gasteiger partial charge in [0.25, 0.3) is 0 Å². The first-order valence-electron chi connectivity index (χ1n) is 4.29. The van der Waals surface area contributed by atoms with Crippen LogP contribution in [0.3, 0.4) is 0 Å². The fraction of sp³-hybridized carbons (Fsp3) is 0. The van der Waals surface area contributed by atoms with Gasteiger partial charge in [-0.3, -0.25) is 0 Å². The van der Waals surface area contributed by atoms with Crippen molar-refractivity contribution in [1.82, 2.24) is 15.2 Å². The molecule has 0 unspecified atom stereocenters. The lowest BCUT2D eigenvalue weighted by atomic mass is 10.1. The van der Waals surface area contributed by atoms with Crippen LogP contribution in [0.15, 0.2) is 18.2 Å². The van der Waals surface area contributed by atoms with Gasteiger partial charge in [-0.05, 0) is 6.07 Å². The zero-order chi connectivity index (χ0) is 11.7. The van der Waals surface area contributed by atoms with Gasteiger partial charge in [-0.1, -0.05) is 23.7 Å². The molecule has 82 valence electrons. The first-order valence-corrected chi connectivity index (χ1v) is 4.67. The Morgan fingerprint density at radius 3 is 2.62 bits per heavy atom. The van der Waals surface area contributed by atoms with Crippen molar-refractivity contribution in [3.63, 3.8) is 0 Å². The van der Waals surface area contributed by atoms with E-state index in [0.717, 1.165) is 0 Å².